The summed E-state index contributed by atoms with van der Waals surface area (Å²) in [6.07, 6.45) is 2.20. The number of hydrogen-bond donors (Lipinski definition) is 1. The van der Waals surface area contributed by atoms with E-state index in [0.29, 0.717) is 25.2 Å². The molecule has 1 aliphatic heterocycles. The van der Waals surface area contributed by atoms with Crippen LogP contribution in [-0.4, -0.2) is 33.5 Å². The van der Waals surface area contributed by atoms with E-state index in [0.717, 1.165) is 11.3 Å². The maximum Gasteiger partial charge on any atom is 0.267 e. The van der Waals surface area contributed by atoms with Crippen LogP contribution in [0.4, 0.5) is 4.39 Å². The van der Waals surface area contributed by atoms with Crippen LogP contribution in [0.25, 0.3) is 0 Å². The van der Waals surface area contributed by atoms with E-state index in [2.05, 4.69) is 15.6 Å². The van der Waals surface area contributed by atoms with E-state index >= 15 is 0 Å². The standard InChI is InChI=1S/C17H19FN4O2/c1-12-7-9-22(20-12)10-8-19-16(23)17(2)11-15(21-24-17)13-3-5-14(18)6-4-13/h3-7,9H,8,10-11H2,1-2H3,(H,19,23)/t17-/m1/s1. The van der Waals surface area contributed by atoms with Gasteiger partial charge in [0.05, 0.1) is 18.0 Å². The first-order chi connectivity index (χ1) is 11.5. The Morgan fingerprint density at radius 1 is 1.38 bits per heavy atom. The number of carbonyl (C=O) groups excluding carboxylic acids is 1. The van der Waals surface area contributed by atoms with Crippen molar-refractivity contribution < 1.29 is 14.0 Å². The predicted octanol–water partition coefficient (Wildman–Crippen LogP) is 2.03. The molecule has 1 N–H and O–H groups in total. The molecule has 7 heteroatoms. The zero-order chi connectivity index (χ0) is 17.2. The highest BCUT2D eigenvalue weighted by Crippen LogP contribution is 2.26. The minimum atomic E-state index is -1.05. The summed E-state index contributed by atoms with van der Waals surface area (Å²) in [6.45, 7) is 4.64. The van der Waals surface area contributed by atoms with E-state index in [1.807, 2.05) is 19.2 Å². The highest BCUT2D eigenvalue weighted by atomic mass is 19.1. The molecule has 3 rings (SSSR count). The molecular weight excluding hydrogens is 311 g/mol. The molecule has 0 unspecified atom stereocenters. The summed E-state index contributed by atoms with van der Waals surface area (Å²) in [4.78, 5) is 17.8. The Bertz CT molecular complexity index is 769. The Balaban J connectivity index is 1.54. The number of amides is 1. The highest BCUT2D eigenvalue weighted by molar-refractivity contribution is 6.05. The van der Waals surface area contributed by atoms with Crippen LogP contribution in [0.2, 0.25) is 0 Å². The molecule has 2 aromatic rings. The SMILES string of the molecule is Cc1ccn(CCNC(=O)[C@@]2(C)CC(c3ccc(F)cc3)=NO2)n1. The number of nitrogens with zero attached hydrogens (tertiary/aromatic N) is 3. The van der Waals surface area contributed by atoms with E-state index in [1.165, 1.54) is 12.1 Å². The normalized spacial score (nSPS) is 19.7. The molecule has 0 saturated carbocycles. The van der Waals surface area contributed by atoms with Crippen LogP contribution in [0.5, 0.6) is 0 Å². The van der Waals surface area contributed by atoms with Crippen molar-refractivity contribution in [3.05, 3.63) is 53.6 Å². The van der Waals surface area contributed by atoms with Gasteiger partial charge in [-0.3, -0.25) is 9.48 Å². The molecule has 1 aromatic heterocycles. The van der Waals surface area contributed by atoms with Gasteiger partial charge in [-0.15, -0.1) is 0 Å². The summed E-state index contributed by atoms with van der Waals surface area (Å²) in [5, 5.41) is 11.1. The van der Waals surface area contributed by atoms with Crippen LogP contribution < -0.4 is 5.32 Å². The monoisotopic (exact) mass is 330 g/mol. The summed E-state index contributed by atoms with van der Waals surface area (Å²) in [5.74, 6) is -0.542. The van der Waals surface area contributed by atoms with E-state index in [1.54, 1.807) is 23.7 Å². The first kappa shape index (κ1) is 16.2. The minimum Gasteiger partial charge on any atom is -0.379 e. The second-order valence-electron chi connectivity index (χ2n) is 6.02. The summed E-state index contributed by atoms with van der Waals surface area (Å²) in [5.41, 5.74) is 1.27. The summed E-state index contributed by atoms with van der Waals surface area (Å²) < 4.78 is 14.8. The van der Waals surface area contributed by atoms with Crippen LogP contribution in [0.3, 0.4) is 0 Å². The maximum atomic E-state index is 13.0. The van der Waals surface area contributed by atoms with Crippen molar-refractivity contribution in [2.24, 2.45) is 5.16 Å². The number of carbonyl (C=O) groups is 1. The van der Waals surface area contributed by atoms with E-state index in [9.17, 15) is 9.18 Å². The van der Waals surface area contributed by atoms with Gasteiger partial charge in [-0.1, -0.05) is 17.3 Å². The summed E-state index contributed by atoms with van der Waals surface area (Å²) >= 11 is 0. The molecule has 0 radical (unpaired) electrons. The van der Waals surface area contributed by atoms with Crippen molar-refractivity contribution in [1.82, 2.24) is 15.1 Å². The molecule has 0 spiro atoms. The Morgan fingerprint density at radius 3 is 2.79 bits per heavy atom. The van der Waals surface area contributed by atoms with Crippen molar-refractivity contribution in [3.63, 3.8) is 0 Å². The Labute approximate surface area is 139 Å². The van der Waals surface area contributed by atoms with Gasteiger partial charge in [0.25, 0.3) is 5.91 Å². The zero-order valence-electron chi connectivity index (χ0n) is 13.6. The molecule has 24 heavy (non-hydrogen) atoms. The first-order valence-corrected chi connectivity index (χ1v) is 7.76. The fraction of sp³-hybridized carbons (Fsp3) is 0.353. The molecule has 0 saturated heterocycles. The van der Waals surface area contributed by atoms with Crippen molar-refractivity contribution in [2.75, 3.05) is 6.54 Å². The molecule has 0 fully saturated rings. The largest absolute Gasteiger partial charge is 0.379 e. The van der Waals surface area contributed by atoms with Gasteiger partial charge >= 0.3 is 0 Å². The number of hydrogen-bond acceptors (Lipinski definition) is 4. The Morgan fingerprint density at radius 2 is 2.12 bits per heavy atom. The third-order valence-corrected chi connectivity index (χ3v) is 3.92. The zero-order valence-corrected chi connectivity index (χ0v) is 13.6. The number of oxime groups is 1. The molecule has 1 aromatic carbocycles. The lowest BCUT2D eigenvalue weighted by Crippen LogP contribution is -2.45. The Hall–Kier alpha value is -2.70. The van der Waals surface area contributed by atoms with Crippen LogP contribution >= 0.6 is 0 Å². The smallest absolute Gasteiger partial charge is 0.267 e. The molecule has 2 heterocycles. The van der Waals surface area contributed by atoms with Gasteiger partial charge in [0.1, 0.15) is 5.82 Å². The second kappa shape index (κ2) is 6.43. The first-order valence-electron chi connectivity index (χ1n) is 7.76. The number of aryl methyl sites for hydroxylation is 1. The lowest BCUT2D eigenvalue weighted by molar-refractivity contribution is -0.141. The molecular formula is C17H19FN4O2. The van der Waals surface area contributed by atoms with Gasteiger partial charge in [-0.25, -0.2) is 4.39 Å². The van der Waals surface area contributed by atoms with Crippen molar-refractivity contribution >= 4 is 11.6 Å². The van der Waals surface area contributed by atoms with Crippen LogP contribution in [0.1, 0.15) is 24.6 Å². The molecule has 0 bridgehead atoms. The summed E-state index contributed by atoms with van der Waals surface area (Å²) in [6, 6.07) is 7.88. The number of nitrogens with one attached hydrogen (secondary N) is 1. The molecule has 1 aliphatic rings. The third-order valence-electron chi connectivity index (χ3n) is 3.92. The van der Waals surface area contributed by atoms with Gasteiger partial charge in [-0.2, -0.15) is 5.10 Å². The summed E-state index contributed by atoms with van der Waals surface area (Å²) in [7, 11) is 0. The van der Waals surface area contributed by atoms with Gasteiger partial charge in [-0.05, 0) is 37.6 Å². The molecule has 1 atom stereocenters. The quantitative estimate of drug-likeness (QED) is 0.912. The van der Waals surface area contributed by atoms with E-state index in [4.69, 9.17) is 4.84 Å². The fourth-order valence-corrected chi connectivity index (χ4v) is 2.52. The maximum absolute atomic E-state index is 13.0. The van der Waals surface area contributed by atoms with Crippen LogP contribution in [-0.2, 0) is 16.2 Å². The molecule has 126 valence electrons. The lowest BCUT2D eigenvalue weighted by Gasteiger charge is -2.20. The van der Waals surface area contributed by atoms with Crippen LogP contribution in [0, 0.1) is 12.7 Å². The number of benzene rings is 1. The average molecular weight is 330 g/mol. The van der Waals surface area contributed by atoms with Crippen LogP contribution in [0.15, 0.2) is 41.7 Å². The predicted molar refractivity (Wildman–Crippen MR) is 87.0 cm³/mol. The number of aromatic nitrogens is 2. The van der Waals surface area contributed by atoms with E-state index < -0.39 is 5.60 Å². The fourth-order valence-electron chi connectivity index (χ4n) is 2.52. The van der Waals surface area contributed by atoms with Crippen molar-refractivity contribution in [2.45, 2.75) is 32.4 Å². The highest BCUT2D eigenvalue weighted by Gasteiger charge is 2.42. The minimum absolute atomic E-state index is 0.229. The van der Waals surface area contributed by atoms with Gasteiger partial charge < -0.3 is 10.2 Å². The van der Waals surface area contributed by atoms with Gasteiger partial charge in [0.2, 0.25) is 5.60 Å². The van der Waals surface area contributed by atoms with Gasteiger partial charge in [0, 0.05) is 19.2 Å². The van der Waals surface area contributed by atoms with E-state index in [-0.39, 0.29) is 11.7 Å². The molecule has 1 amide bonds. The topological polar surface area (TPSA) is 68.5 Å². The Kier molecular flexibility index (Phi) is 4.33. The second-order valence-corrected chi connectivity index (χ2v) is 6.02. The van der Waals surface area contributed by atoms with Crippen molar-refractivity contribution in [1.29, 1.82) is 0 Å². The third kappa shape index (κ3) is 3.45. The van der Waals surface area contributed by atoms with Gasteiger partial charge in [0.15, 0.2) is 0 Å². The molecule has 0 aliphatic carbocycles. The lowest BCUT2D eigenvalue weighted by atomic mass is 9.95. The number of halogens is 1. The average Bonchev–Trinajstić information content (AvgIpc) is 3.15. The molecule has 6 nitrogen and oxygen atoms in total. The van der Waals surface area contributed by atoms with Crippen molar-refractivity contribution in [3.8, 4) is 0 Å². The number of rotatable bonds is 5.